The molecule has 11 heteroatoms. The van der Waals surface area contributed by atoms with Gasteiger partial charge in [0.05, 0.1) is 12.5 Å². The zero-order valence-corrected chi connectivity index (χ0v) is 22.6. The van der Waals surface area contributed by atoms with Gasteiger partial charge in [-0.3, -0.25) is 14.5 Å². The number of rotatable bonds is 6. The third kappa shape index (κ3) is 6.69. The van der Waals surface area contributed by atoms with Crippen LogP contribution in [-0.4, -0.2) is 80.7 Å². The number of amides is 2. The van der Waals surface area contributed by atoms with Crippen molar-refractivity contribution < 1.29 is 43.3 Å². The second-order valence-corrected chi connectivity index (χ2v) is 11.5. The van der Waals surface area contributed by atoms with Crippen LogP contribution < -0.4 is 0 Å². The minimum atomic E-state index is -1.65. The molecule has 1 aromatic rings. The predicted octanol–water partition coefficient (Wildman–Crippen LogP) is 2.18. The first-order valence-electron chi connectivity index (χ1n) is 12.5. The van der Waals surface area contributed by atoms with Gasteiger partial charge in [0, 0.05) is 5.92 Å². The largest absolute Gasteiger partial charge is 0.460 e. The number of aliphatic hydroxyl groups excluding tert-OH is 1. The van der Waals surface area contributed by atoms with Crippen LogP contribution >= 0.6 is 0 Å². The van der Waals surface area contributed by atoms with E-state index in [9.17, 15) is 29.1 Å². The molecule has 2 aliphatic rings. The average molecular weight is 533 g/mol. The van der Waals surface area contributed by atoms with E-state index >= 15 is 0 Å². The molecule has 208 valence electrons. The van der Waals surface area contributed by atoms with Gasteiger partial charge in [0.1, 0.15) is 36.2 Å². The van der Waals surface area contributed by atoms with Gasteiger partial charge in [0.15, 0.2) is 6.23 Å². The summed E-state index contributed by atoms with van der Waals surface area (Å²) in [5.74, 6) is -3.37. The van der Waals surface area contributed by atoms with E-state index in [1.54, 1.807) is 71.9 Å². The zero-order chi connectivity index (χ0) is 28.4. The van der Waals surface area contributed by atoms with Crippen LogP contribution in [0.15, 0.2) is 30.3 Å². The Labute approximate surface area is 222 Å². The molecule has 2 amide bonds. The fraction of sp³-hybridized carbons (Fsp3) is 0.593. The van der Waals surface area contributed by atoms with Crippen molar-refractivity contribution in [3.63, 3.8) is 0 Å². The SMILES string of the molecule is CC(C)(C)OC(=O)C[C@H]1C(=O)N2C(C[C@H](C=O)[C@H]2C(=O)OC(C)(C)C)[C@@H](O)N1C(=O)OCc1ccccc1. The predicted molar refractivity (Wildman–Crippen MR) is 133 cm³/mol. The maximum atomic E-state index is 13.8. The summed E-state index contributed by atoms with van der Waals surface area (Å²) in [5.41, 5.74) is -1.09. The number of hydrogen-bond acceptors (Lipinski definition) is 9. The number of ether oxygens (including phenoxy) is 3. The Morgan fingerprint density at radius 2 is 1.63 bits per heavy atom. The Bertz CT molecular complexity index is 1060. The number of fused-ring (bicyclic) bond motifs is 1. The van der Waals surface area contributed by atoms with Gasteiger partial charge < -0.3 is 29.0 Å². The smallest absolute Gasteiger partial charge is 0.412 e. The van der Waals surface area contributed by atoms with Crippen molar-refractivity contribution in [3.8, 4) is 0 Å². The number of benzene rings is 1. The molecule has 1 aromatic carbocycles. The Morgan fingerprint density at radius 1 is 1.03 bits per heavy atom. The molecule has 2 heterocycles. The van der Waals surface area contributed by atoms with Crippen LogP contribution in [0.25, 0.3) is 0 Å². The summed E-state index contributed by atoms with van der Waals surface area (Å²) in [6.45, 7) is 9.76. The van der Waals surface area contributed by atoms with E-state index in [0.29, 0.717) is 11.8 Å². The van der Waals surface area contributed by atoms with Gasteiger partial charge >= 0.3 is 18.0 Å². The summed E-state index contributed by atoms with van der Waals surface area (Å²) in [4.78, 5) is 66.6. The lowest BCUT2D eigenvalue weighted by Gasteiger charge is -2.46. The summed E-state index contributed by atoms with van der Waals surface area (Å²) in [7, 11) is 0. The molecule has 2 saturated heterocycles. The quantitative estimate of drug-likeness (QED) is 0.332. The fourth-order valence-corrected chi connectivity index (χ4v) is 4.70. The summed E-state index contributed by atoms with van der Waals surface area (Å²) in [5, 5.41) is 11.3. The molecule has 3 rings (SSSR count). The zero-order valence-electron chi connectivity index (χ0n) is 22.6. The van der Waals surface area contributed by atoms with Gasteiger partial charge in [-0.05, 0) is 53.5 Å². The van der Waals surface area contributed by atoms with Crippen molar-refractivity contribution in [2.75, 3.05) is 0 Å². The molecule has 0 aliphatic carbocycles. The van der Waals surface area contributed by atoms with Crippen LogP contribution in [0.5, 0.6) is 0 Å². The summed E-state index contributed by atoms with van der Waals surface area (Å²) in [6.07, 6.45) is -2.82. The number of carbonyl (C=O) groups excluding carboxylic acids is 5. The van der Waals surface area contributed by atoms with Crippen LogP contribution in [0.4, 0.5) is 4.79 Å². The van der Waals surface area contributed by atoms with E-state index in [0.717, 1.165) is 9.80 Å². The topological polar surface area (TPSA) is 140 Å². The molecule has 2 aliphatic heterocycles. The Morgan fingerprint density at radius 3 is 2.18 bits per heavy atom. The van der Waals surface area contributed by atoms with Gasteiger partial charge in [-0.1, -0.05) is 30.3 Å². The van der Waals surface area contributed by atoms with Gasteiger partial charge in [-0.15, -0.1) is 0 Å². The van der Waals surface area contributed by atoms with E-state index < -0.39 is 71.8 Å². The second kappa shape index (κ2) is 11.1. The third-order valence-electron chi connectivity index (χ3n) is 6.10. The molecule has 0 saturated carbocycles. The van der Waals surface area contributed by atoms with E-state index in [1.807, 2.05) is 0 Å². The van der Waals surface area contributed by atoms with Gasteiger partial charge in [-0.2, -0.15) is 0 Å². The summed E-state index contributed by atoms with van der Waals surface area (Å²) < 4.78 is 16.2. The Hall–Kier alpha value is -3.47. The van der Waals surface area contributed by atoms with E-state index in [4.69, 9.17) is 14.2 Å². The van der Waals surface area contributed by atoms with E-state index in [-0.39, 0.29) is 13.0 Å². The van der Waals surface area contributed by atoms with Crippen molar-refractivity contribution in [2.24, 2.45) is 5.92 Å². The normalized spacial score (nSPS) is 25.4. The Kier molecular flexibility index (Phi) is 8.50. The summed E-state index contributed by atoms with van der Waals surface area (Å²) in [6, 6.07) is 4.87. The summed E-state index contributed by atoms with van der Waals surface area (Å²) >= 11 is 0. The first-order valence-corrected chi connectivity index (χ1v) is 12.5. The molecular formula is C27H36N2O9. The number of nitrogens with zero attached hydrogens (tertiary/aromatic N) is 2. The van der Waals surface area contributed by atoms with Crippen LogP contribution in [0, 0.1) is 5.92 Å². The maximum Gasteiger partial charge on any atom is 0.412 e. The molecule has 5 atom stereocenters. The molecule has 1 N–H and O–H groups in total. The molecular weight excluding hydrogens is 496 g/mol. The molecule has 1 unspecified atom stereocenters. The lowest BCUT2D eigenvalue weighted by molar-refractivity contribution is -0.180. The molecule has 0 radical (unpaired) electrons. The van der Waals surface area contributed by atoms with Crippen molar-refractivity contribution >= 4 is 30.2 Å². The molecule has 0 aromatic heterocycles. The van der Waals surface area contributed by atoms with Crippen LogP contribution in [0.3, 0.4) is 0 Å². The highest BCUT2D eigenvalue weighted by Gasteiger charge is 2.59. The van der Waals surface area contributed by atoms with Crippen molar-refractivity contribution in [1.29, 1.82) is 0 Å². The van der Waals surface area contributed by atoms with Crippen LogP contribution in [0.1, 0.15) is 59.9 Å². The van der Waals surface area contributed by atoms with Crippen molar-refractivity contribution in [1.82, 2.24) is 9.80 Å². The molecule has 0 spiro atoms. The minimum Gasteiger partial charge on any atom is -0.460 e. The van der Waals surface area contributed by atoms with Gasteiger partial charge in [0.25, 0.3) is 0 Å². The van der Waals surface area contributed by atoms with E-state index in [2.05, 4.69) is 0 Å². The van der Waals surface area contributed by atoms with E-state index in [1.165, 1.54) is 0 Å². The average Bonchev–Trinajstić information content (AvgIpc) is 3.20. The Balaban J connectivity index is 1.95. The lowest BCUT2D eigenvalue weighted by atomic mass is 9.99. The highest BCUT2D eigenvalue weighted by Crippen LogP contribution is 2.39. The monoisotopic (exact) mass is 532 g/mol. The van der Waals surface area contributed by atoms with Gasteiger partial charge in [0.2, 0.25) is 5.91 Å². The number of aldehydes is 1. The number of carbonyl (C=O) groups is 5. The standard InChI is InChI=1S/C27H36N2O9/c1-26(2,3)37-20(31)13-19-22(32)28-18(12-17(14-30)21(28)24(34)38-27(4,5)6)23(33)29(19)25(35)36-15-16-10-8-7-9-11-16/h7-11,14,17-19,21,23,33H,12-13,15H2,1-6H3/t17-,18?,19+,21+,23-/m1/s1. The molecule has 0 bridgehead atoms. The molecule has 38 heavy (non-hydrogen) atoms. The first kappa shape index (κ1) is 29.1. The molecule has 2 fully saturated rings. The highest BCUT2D eigenvalue weighted by atomic mass is 16.6. The lowest BCUT2D eigenvalue weighted by Crippen LogP contribution is -2.68. The second-order valence-electron chi connectivity index (χ2n) is 11.5. The number of piperazine rings is 1. The number of esters is 2. The van der Waals surface area contributed by atoms with Crippen molar-refractivity contribution in [2.45, 2.75) is 96.5 Å². The molecule has 11 nitrogen and oxygen atoms in total. The van der Waals surface area contributed by atoms with Gasteiger partial charge in [-0.25, -0.2) is 9.59 Å². The van der Waals surface area contributed by atoms with Crippen molar-refractivity contribution in [3.05, 3.63) is 35.9 Å². The minimum absolute atomic E-state index is 0.0814. The highest BCUT2D eigenvalue weighted by molar-refractivity contribution is 5.95. The maximum absolute atomic E-state index is 13.8. The van der Waals surface area contributed by atoms with Crippen LogP contribution in [-0.2, 0) is 40.0 Å². The number of hydrogen-bond donors (Lipinski definition) is 1. The fourth-order valence-electron chi connectivity index (χ4n) is 4.70. The first-order chi connectivity index (χ1) is 17.6. The third-order valence-corrected chi connectivity index (χ3v) is 6.10. The van der Waals surface area contributed by atoms with Crippen LogP contribution in [0.2, 0.25) is 0 Å². The number of aliphatic hydroxyl groups is 1.